The van der Waals surface area contributed by atoms with Crippen molar-refractivity contribution in [2.24, 2.45) is 0 Å². The lowest BCUT2D eigenvalue weighted by Gasteiger charge is -2.12. The fraction of sp³-hybridized carbons (Fsp3) is 0.133. The van der Waals surface area contributed by atoms with Gasteiger partial charge in [-0.3, -0.25) is 4.79 Å². The predicted octanol–water partition coefficient (Wildman–Crippen LogP) is 7.29. The van der Waals surface area contributed by atoms with Crippen molar-refractivity contribution >= 4 is 33.6 Å². The van der Waals surface area contributed by atoms with Gasteiger partial charge in [-0.15, -0.1) is 0 Å². The third-order valence-electron chi connectivity index (χ3n) is 5.86. The number of carbonyl (C=O) groups excluding carboxylic acids is 1. The van der Waals surface area contributed by atoms with Gasteiger partial charge in [0.25, 0.3) is 5.91 Å². The van der Waals surface area contributed by atoms with E-state index in [-0.39, 0.29) is 5.57 Å². The Bertz CT molecular complexity index is 1440. The summed E-state index contributed by atoms with van der Waals surface area (Å²) < 4.78 is 9.06. The zero-order valence-corrected chi connectivity index (χ0v) is 22.0. The zero-order chi connectivity index (χ0) is 25.7. The monoisotopic (exact) mass is 539 g/mol. The molecule has 1 N–H and O–H groups in total. The number of amides is 1. The summed E-state index contributed by atoms with van der Waals surface area (Å²) in [6.45, 7) is 6.45. The highest BCUT2D eigenvalue weighted by atomic mass is 79.9. The molecule has 0 radical (unpaired) electrons. The number of hydrogen-bond acceptors (Lipinski definition) is 3. The van der Waals surface area contributed by atoms with E-state index >= 15 is 0 Å². The molecule has 1 amide bonds. The maximum Gasteiger partial charge on any atom is 0.266 e. The van der Waals surface area contributed by atoms with E-state index in [2.05, 4.69) is 25.8 Å². The van der Waals surface area contributed by atoms with Crippen LogP contribution in [0.2, 0.25) is 0 Å². The Labute approximate surface area is 219 Å². The number of carbonyl (C=O) groups is 1. The minimum absolute atomic E-state index is 0.0486. The number of aromatic nitrogens is 1. The quantitative estimate of drug-likeness (QED) is 0.198. The third-order valence-corrected chi connectivity index (χ3v) is 6.39. The molecule has 1 heterocycles. The molecular formula is C30H26BrN3O2. The fourth-order valence-electron chi connectivity index (χ4n) is 3.91. The van der Waals surface area contributed by atoms with Gasteiger partial charge in [0.05, 0.1) is 0 Å². The van der Waals surface area contributed by atoms with Gasteiger partial charge in [-0.1, -0.05) is 45.8 Å². The van der Waals surface area contributed by atoms with Gasteiger partial charge in [-0.05, 0) is 92.6 Å². The Balaban J connectivity index is 1.50. The second kappa shape index (κ2) is 11.1. The van der Waals surface area contributed by atoms with Crippen molar-refractivity contribution in [3.8, 4) is 17.5 Å². The number of ether oxygens (including phenoxy) is 1. The highest BCUT2D eigenvalue weighted by molar-refractivity contribution is 9.10. The van der Waals surface area contributed by atoms with Crippen LogP contribution in [0.15, 0.2) is 88.9 Å². The summed E-state index contributed by atoms with van der Waals surface area (Å²) in [6, 6.07) is 27.4. The number of benzene rings is 3. The minimum Gasteiger partial charge on any atom is -0.489 e. The molecule has 180 valence electrons. The van der Waals surface area contributed by atoms with Gasteiger partial charge in [0.2, 0.25) is 0 Å². The molecule has 0 aliphatic heterocycles. The fourth-order valence-corrected chi connectivity index (χ4v) is 4.17. The van der Waals surface area contributed by atoms with Crippen LogP contribution in [0.4, 0.5) is 5.69 Å². The van der Waals surface area contributed by atoms with Gasteiger partial charge < -0.3 is 14.6 Å². The molecule has 0 saturated heterocycles. The van der Waals surface area contributed by atoms with Crippen LogP contribution in [0.25, 0.3) is 11.8 Å². The number of halogens is 1. The van der Waals surface area contributed by atoms with Gasteiger partial charge >= 0.3 is 0 Å². The molecular weight excluding hydrogens is 514 g/mol. The second-order valence-corrected chi connectivity index (χ2v) is 9.48. The summed E-state index contributed by atoms with van der Waals surface area (Å²) in [5.74, 6) is 0.349. The number of anilines is 1. The molecule has 0 bridgehead atoms. The van der Waals surface area contributed by atoms with Gasteiger partial charge in [0.1, 0.15) is 24.0 Å². The first-order chi connectivity index (χ1) is 17.3. The smallest absolute Gasteiger partial charge is 0.266 e. The Morgan fingerprint density at radius 1 is 1.00 bits per heavy atom. The van der Waals surface area contributed by atoms with Crippen LogP contribution in [0.5, 0.6) is 5.75 Å². The lowest BCUT2D eigenvalue weighted by atomic mass is 10.1. The summed E-state index contributed by atoms with van der Waals surface area (Å²) in [6.07, 6.45) is 1.64. The van der Waals surface area contributed by atoms with Gasteiger partial charge in [-0.2, -0.15) is 5.26 Å². The Morgan fingerprint density at radius 3 is 2.31 bits per heavy atom. The van der Waals surface area contributed by atoms with Crippen molar-refractivity contribution in [1.29, 1.82) is 5.26 Å². The van der Waals surface area contributed by atoms with E-state index in [0.29, 0.717) is 12.3 Å². The SMILES string of the molecule is Cc1ccc(NC(=O)/C(C#N)=C\c2cc(C)n(-c3ccc(OCc4ccc(Br)cc4)cc3)c2C)cc1. The Kier molecular flexibility index (Phi) is 7.72. The van der Waals surface area contributed by atoms with Crippen LogP contribution in [0.3, 0.4) is 0 Å². The number of rotatable bonds is 7. The number of aryl methyl sites for hydroxylation is 2. The first-order valence-corrected chi connectivity index (χ1v) is 12.3. The molecule has 4 aromatic rings. The molecule has 1 aromatic heterocycles. The summed E-state index contributed by atoms with van der Waals surface area (Å²) in [5.41, 5.74) is 6.62. The lowest BCUT2D eigenvalue weighted by Crippen LogP contribution is -2.13. The van der Waals surface area contributed by atoms with Crippen molar-refractivity contribution < 1.29 is 9.53 Å². The van der Waals surface area contributed by atoms with Crippen LogP contribution in [0.1, 0.15) is 28.1 Å². The van der Waals surface area contributed by atoms with Crippen molar-refractivity contribution in [3.05, 3.63) is 117 Å². The van der Waals surface area contributed by atoms with E-state index < -0.39 is 5.91 Å². The first-order valence-electron chi connectivity index (χ1n) is 11.5. The third kappa shape index (κ3) is 5.94. The highest BCUT2D eigenvalue weighted by Gasteiger charge is 2.14. The molecule has 0 aliphatic rings. The summed E-state index contributed by atoms with van der Waals surface area (Å²) in [5, 5.41) is 12.4. The molecule has 0 aliphatic carbocycles. The normalized spacial score (nSPS) is 11.1. The standard InChI is InChI=1S/C30H26BrN3O2/c1-20-4-10-27(11-5-20)33-30(35)25(18-32)17-24-16-21(2)34(22(24)3)28-12-14-29(15-13-28)36-19-23-6-8-26(31)9-7-23/h4-17H,19H2,1-3H3,(H,33,35)/b25-17-. The molecule has 0 spiro atoms. The average Bonchev–Trinajstić information content (AvgIpc) is 3.16. The predicted molar refractivity (Wildman–Crippen MR) is 147 cm³/mol. The molecule has 0 unspecified atom stereocenters. The average molecular weight is 540 g/mol. The number of nitriles is 1. The molecule has 5 nitrogen and oxygen atoms in total. The van der Waals surface area contributed by atoms with E-state index in [0.717, 1.165) is 44.0 Å². The molecule has 4 rings (SSSR count). The van der Waals surface area contributed by atoms with E-state index in [1.54, 1.807) is 6.08 Å². The van der Waals surface area contributed by atoms with Crippen LogP contribution in [0, 0.1) is 32.1 Å². The van der Waals surface area contributed by atoms with E-state index in [1.165, 1.54) is 0 Å². The maximum atomic E-state index is 12.7. The van der Waals surface area contributed by atoms with Crippen molar-refractivity contribution in [3.63, 3.8) is 0 Å². The molecule has 6 heteroatoms. The van der Waals surface area contributed by atoms with Crippen LogP contribution >= 0.6 is 15.9 Å². The molecule has 0 fully saturated rings. The molecule has 36 heavy (non-hydrogen) atoms. The molecule has 0 saturated carbocycles. The lowest BCUT2D eigenvalue weighted by molar-refractivity contribution is -0.112. The maximum absolute atomic E-state index is 12.7. The second-order valence-electron chi connectivity index (χ2n) is 8.56. The van der Waals surface area contributed by atoms with Gasteiger partial charge in [-0.25, -0.2) is 0 Å². The number of nitrogens with one attached hydrogen (secondary N) is 1. The summed E-state index contributed by atoms with van der Waals surface area (Å²) in [7, 11) is 0. The van der Waals surface area contributed by atoms with Crippen molar-refractivity contribution in [1.82, 2.24) is 4.57 Å². The minimum atomic E-state index is -0.432. The van der Waals surface area contributed by atoms with Crippen molar-refractivity contribution in [2.75, 3.05) is 5.32 Å². The van der Waals surface area contributed by atoms with Crippen molar-refractivity contribution in [2.45, 2.75) is 27.4 Å². The zero-order valence-electron chi connectivity index (χ0n) is 20.4. The highest BCUT2D eigenvalue weighted by Crippen LogP contribution is 2.25. The van der Waals surface area contributed by atoms with Crippen LogP contribution in [-0.4, -0.2) is 10.5 Å². The largest absolute Gasteiger partial charge is 0.489 e. The summed E-state index contributed by atoms with van der Waals surface area (Å²) >= 11 is 3.44. The topological polar surface area (TPSA) is 67.0 Å². The Hall–Kier alpha value is -4.08. The van der Waals surface area contributed by atoms with E-state index in [1.807, 2.05) is 106 Å². The van der Waals surface area contributed by atoms with Crippen LogP contribution < -0.4 is 10.1 Å². The van der Waals surface area contributed by atoms with Crippen LogP contribution in [-0.2, 0) is 11.4 Å². The first kappa shape index (κ1) is 25.0. The molecule has 0 atom stereocenters. The summed E-state index contributed by atoms with van der Waals surface area (Å²) in [4.78, 5) is 12.7. The molecule has 3 aromatic carbocycles. The van der Waals surface area contributed by atoms with Gasteiger partial charge in [0.15, 0.2) is 0 Å². The van der Waals surface area contributed by atoms with Gasteiger partial charge in [0, 0.05) is 27.2 Å². The Morgan fingerprint density at radius 2 is 1.67 bits per heavy atom. The number of nitrogens with zero attached hydrogens (tertiary/aromatic N) is 2. The van der Waals surface area contributed by atoms with E-state index in [4.69, 9.17) is 4.74 Å². The van der Waals surface area contributed by atoms with E-state index in [9.17, 15) is 10.1 Å². The number of hydrogen-bond donors (Lipinski definition) is 1.